The maximum Gasteiger partial charge on any atom is 0.286 e. The summed E-state index contributed by atoms with van der Waals surface area (Å²) in [6.45, 7) is 3.24. The Labute approximate surface area is 178 Å². The summed E-state index contributed by atoms with van der Waals surface area (Å²) in [5.74, 6) is 0.192. The molecule has 2 heterocycles. The van der Waals surface area contributed by atoms with E-state index in [-0.39, 0.29) is 11.7 Å². The third-order valence-electron chi connectivity index (χ3n) is 4.83. The fourth-order valence-corrected chi connectivity index (χ4v) is 4.45. The maximum atomic E-state index is 12.4. The van der Waals surface area contributed by atoms with Crippen LogP contribution in [0.5, 0.6) is 11.5 Å². The zero-order valence-electron chi connectivity index (χ0n) is 15.8. The summed E-state index contributed by atoms with van der Waals surface area (Å²) in [6, 6.07) is 12.8. The Balaban J connectivity index is 1.41. The van der Waals surface area contributed by atoms with Gasteiger partial charge in [0, 0.05) is 36.9 Å². The number of benzene rings is 2. The Morgan fingerprint density at radius 3 is 2.62 bits per heavy atom. The highest BCUT2D eigenvalue weighted by atomic mass is 35.5. The van der Waals surface area contributed by atoms with Crippen LogP contribution in [0.4, 0.5) is 5.69 Å². The molecule has 2 aliphatic heterocycles. The molecule has 1 amide bonds. The Morgan fingerprint density at radius 2 is 1.90 bits per heavy atom. The summed E-state index contributed by atoms with van der Waals surface area (Å²) < 4.78 is 5.13. The number of methoxy groups -OCH3 is 1. The van der Waals surface area contributed by atoms with E-state index in [1.54, 1.807) is 24.3 Å². The van der Waals surface area contributed by atoms with E-state index < -0.39 is 0 Å². The summed E-state index contributed by atoms with van der Waals surface area (Å²) >= 11 is 7.48. The number of piperazine rings is 1. The van der Waals surface area contributed by atoms with Crippen molar-refractivity contribution in [2.75, 3.05) is 38.2 Å². The first kappa shape index (κ1) is 19.7. The molecule has 1 fully saturated rings. The van der Waals surface area contributed by atoms with Crippen LogP contribution in [0.15, 0.2) is 52.4 Å². The molecule has 1 saturated heterocycles. The number of amidine groups is 1. The third-order valence-corrected chi connectivity index (χ3v) is 6.11. The normalized spacial score (nSPS) is 18.3. The standard InChI is InChI=1S/C21H20ClN3O3S/c1-28-18-11-14(5-6-17(18)26)12-19-20(27)23-21(29-19)25-9-7-24(8-10-25)16-4-2-3-15(22)13-16/h2-6,11-13,26H,7-10H2,1H3/b19-12-. The number of rotatable bonds is 3. The van der Waals surface area contributed by atoms with Gasteiger partial charge in [0.25, 0.3) is 5.91 Å². The van der Waals surface area contributed by atoms with Crippen LogP contribution >= 0.6 is 23.4 Å². The second-order valence-electron chi connectivity index (χ2n) is 6.70. The van der Waals surface area contributed by atoms with Gasteiger partial charge in [0.1, 0.15) is 0 Å². The molecule has 8 heteroatoms. The van der Waals surface area contributed by atoms with E-state index in [0.29, 0.717) is 10.7 Å². The number of ether oxygens (including phenoxy) is 1. The van der Waals surface area contributed by atoms with Crippen molar-refractivity contribution >= 4 is 46.2 Å². The minimum absolute atomic E-state index is 0.0644. The van der Waals surface area contributed by atoms with E-state index in [2.05, 4.69) is 20.9 Å². The average molecular weight is 430 g/mol. The molecular weight excluding hydrogens is 410 g/mol. The molecule has 6 nitrogen and oxygen atoms in total. The molecule has 0 aromatic heterocycles. The SMILES string of the molecule is COc1cc(/C=C2\SC(N3CCN(c4cccc(Cl)c4)CC3)=NC2=O)ccc1O. The summed E-state index contributed by atoms with van der Waals surface area (Å²) in [5.41, 5.74) is 1.88. The van der Waals surface area contributed by atoms with Crippen molar-refractivity contribution in [1.82, 2.24) is 4.90 Å². The summed E-state index contributed by atoms with van der Waals surface area (Å²) in [4.78, 5) is 21.6. The van der Waals surface area contributed by atoms with Crippen LogP contribution in [0.3, 0.4) is 0 Å². The smallest absolute Gasteiger partial charge is 0.286 e. The number of carbonyl (C=O) groups is 1. The van der Waals surface area contributed by atoms with Crippen molar-refractivity contribution in [2.24, 2.45) is 4.99 Å². The molecule has 2 aromatic rings. The number of halogens is 1. The molecule has 2 aromatic carbocycles. The lowest BCUT2D eigenvalue weighted by molar-refractivity contribution is -0.113. The molecule has 0 bridgehead atoms. The predicted octanol–water partition coefficient (Wildman–Crippen LogP) is 3.85. The fraction of sp³-hybridized carbons (Fsp3) is 0.238. The highest BCUT2D eigenvalue weighted by Gasteiger charge is 2.28. The van der Waals surface area contributed by atoms with Crippen molar-refractivity contribution in [2.45, 2.75) is 0 Å². The minimum Gasteiger partial charge on any atom is -0.504 e. The van der Waals surface area contributed by atoms with Crippen molar-refractivity contribution in [3.63, 3.8) is 0 Å². The number of anilines is 1. The molecular formula is C21H20ClN3O3S. The van der Waals surface area contributed by atoms with Gasteiger partial charge in [0.05, 0.1) is 12.0 Å². The number of hydrogen-bond donors (Lipinski definition) is 1. The Hall–Kier alpha value is -2.64. The van der Waals surface area contributed by atoms with Crippen LogP contribution in [0.1, 0.15) is 5.56 Å². The van der Waals surface area contributed by atoms with E-state index >= 15 is 0 Å². The molecule has 0 spiro atoms. The van der Waals surface area contributed by atoms with Gasteiger partial charge in [-0.15, -0.1) is 0 Å². The second-order valence-corrected chi connectivity index (χ2v) is 8.14. The Morgan fingerprint density at radius 1 is 1.14 bits per heavy atom. The van der Waals surface area contributed by atoms with Gasteiger partial charge in [-0.05, 0) is 53.7 Å². The lowest BCUT2D eigenvalue weighted by Crippen LogP contribution is -2.47. The first-order valence-corrected chi connectivity index (χ1v) is 10.4. The second kappa shape index (κ2) is 8.39. The van der Waals surface area contributed by atoms with Gasteiger partial charge in [-0.25, -0.2) is 0 Å². The molecule has 0 radical (unpaired) electrons. The first-order chi connectivity index (χ1) is 14.0. The Kier molecular flexibility index (Phi) is 5.69. The van der Waals surface area contributed by atoms with Gasteiger partial charge in [-0.3, -0.25) is 4.79 Å². The lowest BCUT2D eigenvalue weighted by Gasteiger charge is -2.36. The van der Waals surface area contributed by atoms with Crippen LogP contribution in [0.25, 0.3) is 6.08 Å². The molecule has 0 aliphatic carbocycles. The van der Waals surface area contributed by atoms with Crippen LogP contribution in [0, 0.1) is 0 Å². The third kappa shape index (κ3) is 4.36. The van der Waals surface area contributed by atoms with Gasteiger partial charge in [-0.2, -0.15) is 4.99 Å². The zero-order valence-corrected chi connectivity index (χ0v) is 17.4. The minimum atomic E-state index is -0.241. The molecule has 2 aliphatic rings. The van der Waals surface area contributed by atoms with Gasteiger partial charge < -0.3 is 19.6 Å². The van der Waals surface area contributed by atoms with E-state index in [9.17, 15) is 9.90 Å². The summed E-state index contributed by atoms with van der Waals surface area (Å²) in [6.07, 6.45) is 1.77. The number of carbonyl (C=O) groups excluding carboxylic acids is 1. The first-order valence-electron chi connectivity index (χ1n) is 9.18. The molecule has 0 unspecified atom stereocenters. The van der Waals surface area contributed by atoms with Gasteiger partial charge in [0.2, 0.25) is 0 Å². The number of aromatic hydroxyl groups is 1. The molecule has 150 valence electrons. The van der Waals surface area contributed by atoms with Crippen molar-refractivity contribution in [1.29, 1.82) is 0 Å². The summed E-state index contributed by atoms with van der Waals surface area (Å²) in [5, 5.41) is 11.2. The predicted molar refractivity (Wildman–Crippen MR) is 118 cm³/mol. The number of nitrogens with zero attached hydrogens (tertiary/aromatic N) is 3. The van der Waals surface area contributed by atoms with Crippen molar-refractivity contribution in [3.05, 3.63) is 58.0 Å². The van der Waals surface area contributed by atoms with Crippen molar-refractivity contribution in [3.8, 4) is 11.5 Å². The average Bonchev–Trinajstić information content (AvgIpc) is 3.10. The van der Waals surface area contributed by atoms with Gasteiger partial charge >= 0.3 is 0 Å². The van der Waals surface area contributed by atoms with E-state index in [1.165, 1.54) is 18.9 Å². The largest absolute Gasteiger partial charge is 0.504 e. The maximum absolute atomic E-state index is 12.4. The molecule has 4 rings (SSSR count). The number of aliphatic imine (C=N–C) groups is 1. The molecule has 1 N–H and O–H groups in total. The van der Waals surface area contributed by atoms with Crippen molar-refractivity contribution < 1.29 is 14.6 Å². The van der Waals surface area contributed by atoms with Gasteiger partial charge in [-0.1, -0.05) is 23.7 Å². The number of amides is 1. The van der Waals surface area contributed by atoms with Gasteiger partial charge in [0.15, 0.2) is 16.7 Å². The molecule has 0 atom stereocenters. The van der Waals surface area contributed by atoms with E-state index in [1.807, 2.05) is 18.2 Å². The topological polar surface area (TPSA) is 65.4 Å². The zero-order chi connectivity index (χ0) is 20.4. The summed E-state index contributed by atoms with van der Waals surface area (Å²) in [7, 11) is 1.49. The number of thioether (sulfide) groups is 1. The number of hydrogen-bond acceptors (Lipinski definition) is 6. The lowest BCUT2D eigenvalue weighted by atomic mass is 10.2. The Bertz CT molecular complexity index is 1000. The van der Waals surface area contributed by atoms with E-state index in [0.717, 1.165) is 47.6 Å². The molecule has 0 saturated carbocycles. The van der Waals surface area contributed by atoms with Crippen LogP contribution < -0.4 is 9.64 Å². The van der Waals surface area contributed by atoms with E-state index in [4.69, 9.17) is 16.3 Å². The molecule has 29 heavy (non-hydrogen) atoms. The van der Waals surface area contributed by atoms with Crippen LogP contribution in [0.2, 0.25) is 5.02 Å². The fourth-order valence-electron chi connectivity index (χ4n) is 3.30. The highest BCUT2D eigenvalue weighted by molar-refractivity contribution is 8.18. The quantitative estimate of drug-likeness (QED) is 0.748. The van der Waals surface area contributed by atoms with Crippen LogP contribution in [-0.2, 0) is 4.79 Å². The highest BCUT2D eigenvalue weighted by Crippen LogP contribution is 2.33. The monoisotopic (exact) mass is 429 g/mol. The van der Waals surface area contributed by atoms with Crippen LogP contribution in [-0.4, -0.2) is 54.4 Å². The number of phenolic OH excluding ortho intramolecular Hbond substituents is 1. The number of phenols is 1.